The Balaban J connectivity index is 0.000000323. The number of benzene rings is 2. The van der Waals surface area contributed by atoms with Gasteiger partial charge in [0.25, 0.3) is 5.69 Å². The molecule has 0 saturated heterocycles. The number of rotatable bonds is 7. The number of halogens is 4. The normalized spacial score (nSPS) is 10.1. The molecule has 0 spiro atoms. The Kier molecular flexibility index (Phi) is 9.67. The van der Waals surface area contributed by atoms with Crippen LogP contribution in [0.15, 0.2) is 36.4 Å². The third kappa shape index (κ3) is 7.62. The molecular weight excluding hydrogens is 448 g/mol. The smallest absolute Gasteiger partial charge is 0.387 e. The predicted molar refractivity (Wildman–Crippen MR) is 99.9 cm³/mol. The third-order valence-corrected chi connectivity index (χ3v) is 3.42. The Hall–Kier alpha value is -4.10. The summed E-state index contributed by atoms with van der Waals surface area (Å²) in [6.45, 7) is -6.14. The zero-order valence-electron chi connectivity index (χ0n) is 16.4. The number of nitrogen functional groups attached to an aromatic ring is 1. The number of hydrogen-bond donors (Lipinski definition) is 1. The summed E-state index contributed by atoms with van der Waals surface area (Å²) in [5.41, 5.74) is 4.68. The fourth-order valence-corrected chi connectivity index (χ4v) is 2.12. The van der Waals surface area contributed by atoms with Crippen LogP contribution in [0.2, 0.25) is 0 Å². The van der Waals surface area contributed by atoms with Crippen molar-refractivity contribution in [2.24, 2.45) is 0 Å². The SMILES string of the molecule is COC(=O)c1cc(N)ccc1OC(F)F.COC(=O)c1cc([N+](=O)[O-])ccc1OC(F)F. The fourth-order valence-electron chi connectivity index (χ4n) is 2.12. The maximum Gasteiger partial charge on any atom is 0.387 e. The van der Waals surface area contributed by atoms with E-state index >= 15 is 0 Å². The second-order valence-electron chi connectivity index (χ2n) is 5.43. The zero-order chi connectivity index (χ0) is 24.4. The molecule has 32 heavy (non-hydrogen) atoms. The quantitative estimate of drug-likeness (QED) is 0.214. The van der Waals surface area contributed by atoms with Gasteiger partial charge < -0.3 is 24.7 Å². The van der Waals surface area contributed by atoms with Crippen molar-refractivity contribution in [1.29, 1.82) is 0 Å². The van der Waals surface area contributed by atoms with Crippen LogP contribution in [0, 0.1) is 10.1 Å². The van der Waals surface area contributed by atoms with E-state index in [-0.39, 0.29) is 17.0 Å². The molecule has 0 atom stereocenters. The van der Waals surface area contributed by atoms with Crippen molar-refractivity contribution in [3.63, 3.8) is 0 Å². The molecule has 2 aromatic carbocycles. The van der Waals surface area contributed by atoms with Crippen molar-refractivity contribution in [3.8, 4) is 11.5 Å². The Morgan fingerprint density at radius 1 is 0.875 bits per heavy atom. The monoisotopic (exact) mass is 464 g/mol. The highest BCUT2D eigenvalue weighted by molar-refractivity contribution is 5.94. The molecule has 0 bridgehead atoms. The van der Waals surface area contributed by atoms with Gasteiger partial charge in [-0.05, 0) is 24.3 Å². The van der Waals surface area contributed by atoms with Gasteiger partial charge in [0, 0.05) is 17.8 Å². The van der Waals surface area contributed by atoms with Gasteiger partial charge >= 0.3 is 25.2 Å². The van der Waals surface area contributed by atoms with Crippen molar-refractivity contribution < 1.29 is 51.0 Å². The number of esters is 2. The van der Waals surface area contributed by atoms with Crippen LogP contribution in [0.4, 0.5) is 28.9 Å². The lowest BCUT2D eigenvalue weighted by Crippen LogP contribution is -2.09. The van der Waals surface area contributed by atoms with Crippen LogP contribution in [-0.2, 0) is 9.47 Å². The van der Waals surface area contributed by atoms with Crippen LogP contribution < -0.4 is 15.2 Å². The lowest BCUT2D eigenvalue weighted by molar-refractivity contribution is -0.384. The van der Waals surface area contributed by atoms with Crippen molar-refractivity contribution in [3.05, 3.63) is 57.6 Å². The molecule has 0 aliphatic heterocycles. The first-order chi connectivity index (χ1) is 15.0. The van der Waals surface area contributed by atoms with E-state index < -0.39 is 47.1 Å². The van der Waals surface area contributed by atoms with E-state index in [9.17, 15) is 37.3 Å². The van der Waals surface area contributed by atoms with E-state index in [0.29, 0.717) is 0 Å². The fraction of sp³-hybridized carbons (Fsp3) is 0.222. The first kappa shape index (κ1) is 25.9. The first-order valence-corrected chi connectivity index (χ1v) is 8.24. The molecule has 14 heteroatoms. The molecule has 2 N–H and O–H groups in total. The summed E-state index contributed by atoms with van der Waals surface area (Å²) in [6.07, 6.45) is 0. The lowest BCUT2D eigenvalue weighted by Gasteiger charge is -2.09. The second kappa shape index (κ2) is 11.9. The topological polar surface area (TPSA) is 140 Å². The summed E-state index contributed by atoms with van der Waals surface area (Å²) >= 11 is 0. The van der Waals surface area contributed by atoms with Gasteiger partial charge in [-0.3, -0.25) is 10.1 Å². The standard InChI is InChI=1S/C9H7F2NO5.C9H9F2NO3/c1-16-8(13)6-4-5(12(14)15)2-3-7(6)17-9(10)11;1-14-8(13)6-4-5(12)2-3-7(6)15-9(10)11/h2-4,9H,1H3;2-4,9H,12H2,1H3. The van der Waals surface area contributed by atoms with E-state index in [1.807, 2.05) is 0 Å². The van der Waals surface area contributed by atoms with Gasteiger partial charge in [-0.1, -0.05) is 0 Å². The molecule has 0 radical (unpaired) electrons. The van der Waals surface area contributed by atoms with Gasteiger partial charge in [0.15, 0.2) is 0 Å². The molecule has 0 fully saturated rings. The molecule has 10 nitrogen and oxygen atoms in total. The molecule has 0 amide bonds. The van der Waals surface area contributed by atoms with Gasteiger partial charge in [-0.2, -0.15) is 17.6 Å². The number of methoxy groups -OCH3 is 2. The number of nitrogens with zero attached hydrogens (tertiary/aromatic N) is 1. The maximum absolute atomic E-state index is 12.0. The van der Waals surface area contributed by atoms with E-state index in [2.05, 4.69) is 18.9 Å². The number of hydrogen-bond acceptors (Lipinski definition) is 9. The van der Waals surface area contributed by atoms with Gasteiger partial charge in [0.2, 0.25) is 0 Å². The van der Waals surface area contributed by atoms with Gasteiger partial charge in [0.05, 0.1) is 19.1 Å². The Morgan fingerprint density at radius 2 is 1.31 bits per heavy atom. The number of nitrogens with two attached hydrogens (primary N) is 1. The molecule has 0 aromatic heterocycles. The molecule has 0 aliphatic rings. The summed E-state index contributed by atoms with van der Waals surface area (Å²) in [5, 5.41) is 10.5. The van der Waals surface area contributed by atoms with E-state index in [0.717, 1.165) is 32.4 Å². The number of non-ortho nitro benzene ring substituents is 1. The Labute approximate surface area is 177 Å². The Morgan fingerprint density at radius 3 is 1.72 bits per heavy atom. The minimum absolute atomic E-state index is 0.127. The molecule has 0 heterocycles. The number of carbonyl (C=O) groups excluding carboxylic acids is 2. The third-order valence-electron chi connectivity index (χ3n) is 3.42. The van der Waals surface area contributed by atoms with Crippen molar-refractivity contribution in [2.75, 3.05) is 20.0 Å². The highest BCUT2D eigenvalue weighted by atomic mass is 19.3. The highest BCUT2D eigenvalue weighted by Gasteiger charge is 2.20. The van der Waals surface area contributed by atoms with Crippen LogP contribution in [0.3, 0.4) is 0 Å². The number of nitro groups is 1. The van der Waals surface area contributed by atoms with Gasteiger partial charge in [-0.15, -0.1) is 0 Å². The van der Waals surface area contributed by atoms with E-state index in [4.69, 9.17) is 5.73 Å². The van der Waals surface area contributed by atoms with E-state index in [1.54, 1.807) is 0 Å². The van der Waals surface area contributed by atoms with Crippen LogP contribution in [-0.4, -0.2) is 44.3 Å². The van der Waals surface area contributed by atoms with Crippen LogP contribution in [0.5, 0.6) is 11.5 Å². The van der Waals surface area contributed by atoms with Crippen LogP contribution in [0.25, 0.3) is 0 Å². The first-order valence-electron chi connectivity index (χ1n) is 8.24. The highest BCUT2D eigenvalue weighted by Crippen LogP contribution is 2.26. The minimum Gasteiger partial charge on any atom is -0.465 e. The minimum atomic E-state index is -3.14. The zero-order valence-corrected chi connectivity index (χ0v) is 16.4. The largest absolute Gasteiger partial charge is 0.465 e. The second-order valence-corrected chi connectivity index (χ2v) is 5.43. The lowest BCUT2D eigenvalue weighted by atomic mass is 10.2. The number of nitro benzene ring substituents is 1. The molecular formula is C18H16F4N2O8. The van der Waals surface area contributed by atoms with Gasteiger partial charge in [0.1, 0.15) is 22.6 Å². The number of anilines is 1. The summed E-state index contributed by atoms with van der Waals surface area (Å²) in [7, 11) is 2.16. The van der Waals surface area contributed by atoms with Crippen molar-refractivity contribution in [2.45, 2.75) is 13.2 Å². The molecule has 174 valence electrons. The van der Waals surface area contributed by atoms with Gasteiger partial charge in [-0.25, -0.2) is 9.59 Å². The summed E-state index contributed by atoms with van der Waals surface area (Å²) in [6, 6.07) is 6.42. The average Bonchev–Trinajstić information content (AvgIpc) is 2.73. The summed E-state index contributed by atoms with van der Waals surface area (Å²) < 4.78 is 64.8. The Bertz CT molecular complexity index is 972. The number of alkyl halides is 4. The van der Waals surface area contributed by atoms with Crippen molar-refractivity contribution >= 4 is 23.3 Å². The number of carbonyl (C=O) groups is 2. The van der Waals surface area contributed by atoms with Crippen molar-refractivity contribution in [1.82, 2.24) is 0 Å². The molecule has 0 saturated carbocycles. The van der Waals surface area contributed by atoms with E-state index in [1.165, 1.54) is 18.2 Å². The van der Waals surface area contributed by atoms with Crippen LogP contribution in [0.1, 0.15) is 20.7 Å². The predicted octanol–water partition coefficient (Wildman–Crippen LogP) is 3.64. The number of ether oxygens (including phenoxy) is 4. The summed E-state index contributed by atoms with van der Waals surface area (Å²) in [5.74, 6) is -2.51. The molecule has 0 aliphatic carbocycles. The maximum atomic E-state index is 12.0. The molecule has 0 unspecified atom stereocenters. The summed E-state index contributed by atoms with van der Waals surface area (Å²) in [4.78, 5) is 32.1. The van der Waals surface area contributed by atoms with Crippen LogP contribution >= 0.6 is 0 Å². The average molecular weight is 464 g/mol. The molecule has 2 rings (SSSR count). The molecule has 2 aromatic rings.